The van der Waals surface area contributed by atoms with Gasteiger partial charge in [0.25, 0.3) is 0 Å². The molecule has 0 saturated heterocycles. The fourth-order valence-electron chi connectivity index (χ4n) is 1.75. The molecule has 0 saturated carbocycles. The average molecular weight is 276 g/mol. The number of rotatable bonds is 6. The van der Waals surface area contributed by atoms with E-state index in [9.17, 15) is 14.9 Å². The smallest absolute Gasteiger partial charge is 0.408 e. The summed E-state index contributed by atoms with van der Waals surface area (Å²) in [5.74, 6) is 0.0323. The van der Waals surface area contributed by atoms with E-state index in [1.54, 1.807) is 20.8 Å². The van der Waals surface area contributed by atoms with Crippen molar-refractivity contribution in [3.63, 3.8) is 0 Å². The maximum Gasteiger partial charge on any atom is 0.408 e. The number of alkyl carbamates (subject to hydrolysis) is 1. The molecule has 112 valence electrons. The number of carbonyl (C=O) groups excluding carboxylic acids is 1. The van der Waals surface area contributed by atoms with Gasteiger partial charge in [0.2, 0.25) is 6.54 Å². The maximum absolute atomic E-state index is 11.7. The van der Waals surface area contributed by atoms with E-state index in [0.29, 0.717) is 0 Å². The molecular formula is C12H24N2O5. The first kappa shape index (κ1) is 17.6. The fraction of sp³-hybridized carbons (Fsp3) is 0.917. The Morgan fingerprint density at radius 1 is 1.37 bits per heavy atom. The van der Waals surface area contributed by atoms with Gasteiger partial charge in [-0.05, 0) is 26.7 Å². The lowest BCUT2D eigenvalue weighted by molar-refractivity contribution is -0.485. The van der Waals surface area contributed by atoms with Crippen molar-refractivity contribution >= 4 is 6.09 Å². The molecule has 0 rings (SSSR count). The highest BCUT2D eigenvalue weighted by Gasteiger charge is 2.31. The summed E-state index contributed by atoms with van der Waals surface area (Å²) in [6.07, 6.45) is -1.13. The van der Waals surface area contributed by atoms with Crippen LogP contribution in [-0.4, -0.2) is 42.4 Å². The molecule has 0 fully saturated rings. The average Bonchev–Trinajstić information content (AvgIpc) is 2.12. The van der Waals surface area contributed by atoms with Crippen molar-refractivity contribution in [3.8, 4) is 0 Å². The lowest BCUT2D eigenvalue weighted by Gasteiger charge is -2.28. The third-order valence-electron chi connectivity index (χ3n) is 2.37. The van der Waals surface area contributed by atoms with Crippen LogP contribution in [0.5, 0.6) is 0 Å². The number of hydrogen-bond acceptors (Lipinski definition) is 5. The minimum absolute atomic E-state index is 0.0323. The van der Waals surface area contributed by atoms with Crippen molar-refractivity contribution in [2.75, 3.05) is 13.7 Å². The molecule has 1 amide bonds. The molecule has 1 N–H and O–H groups in total. The third kappa shape index (κ3) is 7.61. The number of hydrogen-bond donors (Lipinski definition) is 1. The summed E-state index contributed by atoms with van der Waals surface area (Å²) in [5.41, 5.74) is -0.649. The normalized spacial score (nSPS) is 14.9. The van der Waals surface area contributed by atoms with Crippen LogP contribution in [-0.2, 0) is 9.47 Å². The van der Waals surface area contributed by atoms with Gasteiger partial charge in [0.05, 0.1) is 6.10 Å². The first-order valence-corrected chi connectivity index (χ1v) is 6.21. The van der Waals surface area contributed by atoms with E-state index in [2.05, 4.69) is 5.32 Å². The highest BCUT2D eigenvalue weighted by atomic mass is 16.6. The number of amides is 1. The van der Waals surface area contributed by atoms with E-state index >= 15 is 0 Å². The number of nitro groups is 1. The van der Waals surface area contributed by atoms with Gasteiger partial charge in [0, 0.05) is 12.0 Å². The second-order valence-corrected chi connectivity index (χ2v) is 5.71. The molecule has 0 aliphatic heterocycles. The predicted molar refractivity (Wildman–Crippen MR) is 70.7 cm³/mol. The van der Waals surface area contributed by atoms with E-state index in [4.69, 9.17) is 9.47 Å². The molecule has 0 aromatic heterocycles. The Morgan fingerprint density at radius 2 is 1.89 bits per heavy atom. The van der Waals surface area contributed by atoms with Crippen LogP contribution in [0.25, 0.3) is 0 Å². The Bertz CT molecular complexity index is 312. The van der Waals surface area contributed by atoms with E-state index in [1.807, 2.05) is 13.8 Å². The first-order chi connectivity index (χ1) is 8.56. The van der Waals surface area contributed by atoms with Crippen LogP contribution >= 0.6 is 0 Å². The Balaban J connectivity index is 4.76. The highest BCUT2D eigenvalue weighted by molar-refractivity contribution is 5.68. The number of nitrogens with one attached hydrogen (secondary N) is 1. The highest BCUT2D eigenvalue weighted by Crippen LogP contribution is 2.13. The molecule has 0 radical (unpaired) electrons. The summed E-state index contributed by atoms with van der Waals surface area (Å²) in [6, 6.07) is -0.727. The van der Waals surface area contributed by atoms with Crippen LogP contribution in [0.4, 0.5) is 4.79 Å². The van der Waals surface area contributed by atoms with Crippen LogP contribution in [0.3, 0.4) is 0 Å². The maximum atomic E-state index is 11.7. The van der Waals surface area contributed by atoms with Gasteiger partial charge >= 0.3 is 6.09 Å². The number of nitrogens with zero attached hydrogens (tertiary/aromatic N) is 1. The molecule has 0 aromatic carbocycles. The Morgan fingerprint density at radius 3 is 2.21 bits per heavy atom. The van der Waals surface area contributed by atoms with E-state index in [1.165, 1.54) is 7.11 Å². The molecule has 0 spiro atoms. The molecular weight excluding hydrogens is 252 g/mol. The number of ether oxygens (including phenoxy) is 2. The monoisotopic (exact) mass is 276 g/mol. The van der Waals surface area contributed by atoms with Crippen LogP contribution in [0.2, 0.25) is 0 Å². The summed E-state index contributed by atoms with van der Waals surface area (Å²) >= 11 is 0. The second kappa shape index (κ2) is 7.28. The van der Waals surface area contributed by atoms with Gasteiger partial charge in [-0.3, -0.25) is 10.1 Å². The van der Waals surface area contributed by atoms with Crippen molar-refractivity contribution in [3.05, 3.63) is 10.1 Å². The summed E-state index contributed by atoms with van der Waals surface area (Å²) in [6.45, 7) is 8.52. The van der Waals surface area contributed by atoms with E-state index < -0.39 is 35.3 Å². The zero-order valence-corrected chi connectivity index (χ0v) is 12.4. The molecule has 2 atom stereocenters. The van der Waals surface area contributed by atoms with E-state index in [0.717, 1.165) is 0 Å². The van der Waals surface area contributed by atoms with Crippen molar-refractivity contribution < 1.29 is 19.2 Å². The van der Waals surface area contributed by atoms with E-state index in [-0.39, 0.29) is 5.92 Å². The summed E-state index contributed by atoms with van der Waals surface area (Å²) in [4.78, 5) is 21.9. The quantitative estimate of drug-likeness (QED) is 0.590. The Kier molecular flexibility index (Phi) is 6.75. The van der Waals surface area contributed by atoms with Crippen LogP contribution in [0.1, 0.15) is 34.6 Å². The fourth-order valence-corrected chi connectivity index (χ4v) is 1.75. The zero-order chi connectivity index (χ0) is 15.2. The number of methoxy groups -OCH3 is 1. The topological polar surface area (TPSA) is 90.7 Å². The molecule has 19 heavy (non-hydrogen) atoms. The largest absolute Gasteiger partial charge is 0.444 e. The van der Waals surface area contributed by atoms with Crippen molar-refractivity contribution in [2.45, 2.75) is 52.4 Å². The van der Waals surface area contributed by atoms with Crippen molar-refractivity contribution in [2.24, 2.45) is 5.92 Å². The van der Waals surface area contributed by atoms with Gasteiger partial charge in [0.15, 0.2) is 0 Å². The summed E-state index contributed by atoms with van der Waals surface area (Å²) in [5, 5.41) is 13.2. The molecule has 7 nitrogen and oxygen atoms in total. The minimum Gasteiger partial charge on any atom is -0.444 e. The lowest BCUT2D eigenvalue weighted by atomic mass is 9.99. The molecule has 0 aliphatic rings. The summed E-state index contributed by atoms with van der Waals surface area (Å²) < 4.78 is 10.3. The van der Waals surface area contributed by atoms with Gasteiger partial charge in [-0.1, -0.05) is 13.8 Å². The second-order valence-electron chi connectivity index (χ2n) is 5.71. The van der Waals surface area contributed by atoms with Gasteiger partial charge in [-0.25, -0.2) is 4.79 Å². The zero-order valence-electron chi connectivity index (χ0n) is 12.4. The molecule has 0 heterocycles. The van der Waals surface area contributed by atoms with Crippen molar-refractivity contribution in [1.29, 1.82) is 0 Å². The molecule has 0 aliphatic carbocycles. The van der Waals surface area contributed by atoms with Gasteiger partial charge in [-0.2, -0.15) is 0 Å². The third-order valence-corrected chi connectivity index (χ3v) is 2.37. The molecule has 0 aromatic rings. The summed E-state index contributed by atoms with van der Waals surface area (Å²) in [7, 11) is 1.47. The Hall–Kier alpha value is -1.37. The SMILES string of the molecule is CO[C@H](C(C)C)[C@@H](C[N+](=O)[O-])NC(=O)OC(C)(C)C. The Labute approximate surface area is 113 Å². The van der Waals surface area contributed by atoms with Crippen LogP contribution in [0.15, 0.2) is 0 Å². The minimum atomic E-state index is -0.727. The van der Waals surface area contributed by atoms with Crippen LogP contribution in [0, 0.1) is 16.0 Å². The standard InChI is InChI=1S/C12H24N2O5/c1-8(2)10(18-6)9(7-14(16)17)13-11(15)19-12(3,4)5/h8-10H,7H2,1-6H3,(H,13,15)/t9-,10-/m1/s1. The predicted octanol–water partition coefficient (Wildman–Crippen LogP) is 1.83. The first-order valence-electron chi connectivity index (χ1n) is 6.21. The molecule has 0 unspecified atom stereocenters. The van der Waals surface area contributed by atoms with Gasteiger partial charge in [0.1, 0.15) is 11.6 Å². The number of carbonyl (C=O) groups is 1. The molecule has 7 heteroatoms. The van der Waals surface area contributed by atoms with Crippen LogP contribution < -0.4 is 5.32 Å². The lowest BCUT2D eigenvalue weighted by Crippen LogP contribution is -2.51. The van der Waals surface area contributed by atoms with Gasteiger partial charge in [-0.15, -0.1) is 0 Å². The van der Waals surface area contributed by atoms with Gasteiger partial charge < -0.3 is 14.8 Å². The molecule has 0 bridgehead atoms. The van der Waals surface area contributed by atoms with Crippen molar-refractivity contribution in [1.82, 2.24) is 5.32 Å².